The van der Waals surface area contributed by atoms with Crippen LogP contribution in [0.5, 0.6) is 5.75 Å². The molecule has 0 unspecified atom stereocenters. The third-order valence-electron chi connectivity index (χ3n) is 3.31. The van der Waals surface area contributed by atoms with Gasteiger partial charge in [0.05, 0.1) is 19.4 Å². The van der Waals surface area contributed by atoms with E-state index in [1.165, 1.54) is 11.3 Å². The number of nitrogens with one attached hydrogen (secondary N) is 1. The van der Waals surface area contributed by atoms with Gasteiger partial charge in [-0.1, -0.05) is 30.4 Å². The molecule has 0 spiro atoms. The molecule has 0 bridgehead atoms. The van der Waals surface area contributed by atoms with Gasteiger partial charge in [-0.15, -0.1) is 0 Å². The van der Waals surface area contributed by atoms with E-state index in [1.54, 1.807) is 7.11 Å². The summed E-state index contributed by atoms with van der Waals surface area (Å²) in [4.78, 5) is 17.6. The third-order valence-corrected chi connectivity index (χ3v) is 4.18. The number of benzene rings is 1. The summed E-state index contributed by atoms with van der Waals surface area (Å²) < 4.78 is 5.23. The normalized spacial score (nSPS) is 11.0. The average Bonchev–Trinajstić information content (AvgIpc) is 2.87. The molecule has 0 aliphatic heterocycles. The number of nitrogens with zero attached hydrogens (tertiary/aromatic N) is 1. The van der Waals surface area contributed by atoms with Crippen LogP contribution in [0, 0.1) is 0 Å². The van der Waals surface area contributed by atoms with E-state index in [9.17, 15) is 4.79 Å². The van der Waals surface area contributed by atoms with Crippen molar-refractivity contribution in [3.8, 4) is 17.0 Å². The average molecular weight is 308 g/mol. The van der Waals surface area contributed by atoms with E-state index < -0.39 is 0 Å². The van der Waals surface area contributed by atoms with E-state index in [-0.39, 0.29) is 11.5 Å². The van der Waals surface area contributed by atoms with Crippen molar-refractivity contribution >= 4 is 11.3 Å². The maximum Gasteiger partial charge on any atom is 0.305 e. The Hall–Kier alpha value is -1.63. The van der Waals surface area contributed by atoms with Crippen molar-refractivity contribution in [3.63, 3.8) is 0 Å². The van der Waals surface area contributed by atoms with Gasteiger partial charge < -0.3 is 14.8 Å². The van der Waals surface area contributed by atoms with Gasteiger partial charge in [0, 0.05) is 23.5 Å². The van der Waals surface area contributed by atoms with Crippen LogP contribution in [-0.2, 0) is 6.54 Å². The number of aliphatic hydroxyl groups is 1. The molecule has 2 aromatic rings. The zero-order valence-corrected chi connectivity index (χ0v) is 13.1. The zero-order chi connectivity index (χ0) is 15.2. The Kier molecular flexibility index (Phi) is 5.55. The van der Waals surface area contributed by atoms with Crippen molar-refractivity contribution in [1.29, 1.82) is 0 Å². The minimum Gasteiger partial charge on any atom is -0.497 e. The van der Waals surface area contributed by atoms with Gasteiger partial charge in [0.1, 0.15) is 5.75 Å². The van der Waals surface area contributed by atoms with Crippen molar-refractivity contribution in [2.24, 2.45) is 0 Å². The molecule has 0 amide bonds. The summed E-state index contributed by atoms with van der Waals surface area (Å²) in [5.41, 5.74) is 1.77. The monoisotopic (exact) mass is 308 g/mol. The Morgan fingerprint density at radius 3 is 2.90 bits per heavy atom. The molecule has 2 N–H and O–H groups in total. The lowest BCUT2D eigenvalue weighted by Gasteiger charge is -2.18. The Labute approximate surface area is 127 Å². The highest BCUT2D eigenvalue weighted by atomic mass is 32.1. The van der Waals surface area contributed by atoms with E-state index >= 15 is 0 Å². The van der Waals surface area contributed by atoms with Gasteiger partial charge in [-0.25, -0.2) is 0 Å². The molecule has 0 aliphatic rings. The number of hydrogen-bond acceptors (Lipinski definition) is 5. The molecule has 0 fully saturated rings. The fourth-order valence-electron chi connectivity index (χ4n) is 2.18. The van der Waals surface area contributed by atoms with Crippen molar-refractivity contribution < 1.29 is 9.84 Å². The van der Waals surface area contributed by atoms with Crippen LogP contribution in [0.4, 0.5) is 0 Å². The summed E-state index contributed by atoms with van der Waals surface area (Å²) in [6.07, 6.45) is 0. The first kappa shape index (κ1) is 15.8. The molecule has 114 valence electrons. The molecule has 1 aromatic carbocycles. The highest BCUT2D eigenvalue weighted by molar-refractivity contribution is 7.09. The first-order valence-corrected chi connectivity index (χ1v) is 7.69. The topological polar surface area (TPSA) is 65.6 Å². The number of aromatic nitrogens is 1. The molecule has 21 heavy (non-hydrogen) atoms. The molecule has 5 nitrogen and oxygen atoms in total. The maximum atomic E-state index is 11.7. The SMILES string of the molecule is CCN(CCO)Cc1sc(=O)[nH]c1-c1cccc(OC)c1. The number of rotatable bonds is 7. The number of aliphatic hydroxyl groups excluding tert-OH is 1. The standard InChI is InChI=1S/C15H20N2O3S/c1-3-17(7-8-18)10-13-14(16-15(19)21-13)11-5-4-6-12(9-11)20-2/h4-6,9,18H,3,7-8,10H2,1-2H3,(H,16,19). The number of likely N-dealkylation sites (N-methyl/N-ethyl adjacent to an activating group) is 1. The first-order valence-electron chi connectivity index (χ1n) is 6.87. The molecular weight excluding hydrogens is 288 g/mol. The largest absolute Gasteiger partial charge is 0.497 e. The summed E-state index contributed by atoms with van der Waals surface area (Å²) in [6, 6.07) is 7.63. The van der Waals surface area contributed by atoms with Gasteiger partial charge >= 0.3 is 4.87 Å². The summed E-state index contributed by atoms with van der Waals surface area (Å²) >= 11 is 1.22. The lowest BCUT2D eigenvalue weighted by atomic mass is 10.1. The number of ether oxygens (including phenoxy) is 1. The predicted molar refractivity (Wildman–Crippen MR) is 85.0 cm³/mol. The number of thiazole rings is 1. The molecule has 0 saturated carbocycles. The van der Waals surface area contributed by atoms with Crippen LogP contribution in [0.25, 0.3) is 11.3 Å². The van der Waals surface area contributed by atoms with Gasteiger partial charge in [-0.3, -0.25) is 9.69 Å². The maximum absolute atomic E-state index is 11.7. The lowest BCUT2D eigenvalue weighted by molar-refractivity contribution is 0.198. The van der Waals surface area contributed by atoms with Gasteiger partial charge in [-0.2, -0.15) is 0 Å². The number of hydrogen-bond donors (Lipinski definition) is 2. The molecular formula is C15H20N2O3S. The van der Waals surface area contributed by atoms with Crippen LogP contribution in [-0.4, -0.2) is 41.8 Å². The molecule has 0 atom stereocenters. The first-order chi connectivity index (χ1) is 10.2. The summed E-state index contributed by atoms with van der Waals surface area (Å²) in [6.45, 7) is 4.22. The Bertz CT molecular complexity index is 636. The minimum absolute atomic E-state index is 0.0668. The van der Waals surface area contributed by atoms with Crippen LogP contribution in [0.1, 0.15) is 11.8 Å². The van der Waals surface area contributed by atoms with Crippen LogP contribution < -0.4 is 9.61 Å². The smallest absolute Gasteiger partial charge is 0.305 e. The second-order valence-electron chi connectivity index (χ2n) is 4.64. The Morgan fingerprint density at radius 2 is 2.24 bits per heavy atom. The van der Waals surface area contributed by atoms with Crippen molar-refractivity contribution in [3.05, 3.63) is 38.8 Å². The van der Waals surface area contributed by atoms with E-state index in [4.69, 9.17) is 9.84 Å². The van der Waals surface area contributed by atoms with E-state index in [0.717, 1.165) is 28.4 Å². The minimum atomic E-state index is -0.0668. The number of aromatic amines is 1. The van der Waals surface area contributed by atoms with E-state index in [2.05, 4.69) is 9.88 Å². The van der Waals surface area contributed by atoms with Crippen molar-refractivity contribution in [1.82, 2.24) is 9.88 Å². The highest BCUT2D eigenvalue weighted by Gasteiger charge is 2.14. The second kappa shape index (κ2) is 7.40. The summed E-state index contributed by atoms with van der Waals surface area (Å²) in [7, 11) is 1.62. The quantitative estimate of drug-likeness (QED) is 0.820. The van der Waals surface area contributed by atoms with Gasteiger partial charge in [0.2, 0.25) is 0 Å². The Balaban J connectivity index is 2.33. The molecule has 1 heterocycles. The predicted octanol–water partition coefficient (Wildman–Crippen LogP) is 1.93. The van der Waals surface area contributed by atoms with Crippen LogP contribution in [0.3, 0.4) is 0 Å². The van der Waals surface area contributed by atoms with Crippen molar-refractivity contribution in [2.75, 3.05) is 26.8 Å². The van der Waals surface area contributed by atoms with Crippen molar-refractivity contribution in [2.45, 2.75) is 13.5 Å². The number of methoxy groups -OCH3 is 1. The van der Waals surface area contributed by atoms with Crippen LogP contribution >= 0.6 is 11.3 Å². The third kappa shape index (κ3) is 3.93. The molecule has 6 heteroatoms. The van der Waals surface area contributed by atoms with E-state index in [0.29, 0.717) is 13.1 Å². The van der Waals surface area contributed by atoms with Gasteiger partial charge in [0.15, 0.2) is 0 Å². The fraction of sp³-hybridized carbons (Fsp3) is 0.400. The second-order valence-corrected chi connectivity index (χ2v) is 5.70. The Morgan fingerprint density at radius 1 is 1.43 bits per heavy atom. The van der Waals surface area contributed by atoms with Gasteiger partial charge in [0.25, 0.3) is 0 Å². The van der Waals surface area contributed by atoms with Crippen LogP contribution in [0.2, 0.25) is 0 Å². The molecule has 0 saturated heterocycles. The summed E-state index contributed by atoms with van der Waals surface area (Å²) in [5, 5.41) is 9.08. The molecule has 2 rings (SSSR count). The van der Waals surface area contributed by atoms with Crippen LogP contribution in [0.15, 0.2) is 29.1 Å². The fourth-order valence-corrected chi connectivity index (χ4v) is 3.07. The summed E-state index contributed by atoms with van der Waals surface area (Å²) in [5.74, 6) is 0.758. The number of H-pyrrole nitrogens is 1. The zero-order valence-electron chi connectivity index (χ0n) is 12.3. The molecule has 0 aliphatic carbocycles. The lowest BCUT2D eigenvalue weighted by Crippen LogP contribution is -2.25. The van der Waals surface area contributed by atoms with Gasteiger partial charge in [-0.05, 0) is 18.7 Å². The molecule has 0 radical (unpaired) electrons. The highest BCUT2D eigenvalue weighted by Crippen LogP contribution is 2.27. The van der Waals surface area contributed by atoms with E-state index in [1.807, 2.05) is 31.2 Å². The molecule has 1 aromatic heterocycles.